The Kier molecular flexibility index (Phi) is 7.25. The van der Waals surface area contributed by atoms with Crippen molar-refractivity contribution in [3.8, 4) is 0 Å². The van der Waals surface area contributed by atoms with Crippen molar-refractivity contribution in [3.05, 3.63) is 41.2 Å². The lowest BCUT2D eigenvalue weighted by Crippen LogP contribution is -2.40. The van der Waals surface area contributed by atoms with Crippen LogP contribution in [0.5, 0.6) is 0 Å². The summed E-state index contributed by atoms with van der Waals surface area (Å²) in [7, 11) is -3.89. The molecule has 1 heterocycles. The van der Waals surface area contributed by atoms with Crippen molar-refractivity contribution in [2.75, 3.05) is 11.5 Å². The first-order valence-corrected chi connectivity index (χ1v) is 12.7. The Morgan fingerprint density at radius 2 is 2.00 bits per heavy atom. The normalized spacial score (nSPS) is 16.0. The fraction of sp³-hybridized carbons (Fsp3) is 0.476. The van der Waals surface area contributed by atoms with Crippen molar-refractivity contribution in [3.63, 3.8) is 0 Å². The van der Waals surface area contributed by atoms with Crippen LogP contribution in [0.4, 0.5) is 0 Å². The van der Waals surface area contributed by atoms with E-state index in [1.807, 2.05) is 29.7 Å². The summed E-state index contributed by atoms with van der Waals surface area (Å²) in [5.41, 5.74) is 1.99. The van der Waals surface area contributed by atoms with E-state index in [9.17, 15) is 18.0 Å². The molecule has 0 unspecified atom stereocenters. The summed E-state index contributed by atoms with van der Waals surface area (Å²) in [6.07, 6.45) is 6.65. The molecule has 2 amide bonds. The van der Waals surface area contributed by atoms with Crippen molar-refractivity contribution in [1.29, 1.82) is 0 Å². The number of nitrogens with one attached hydrogen (secondary N) is 1. The molecule has 0 aliphatic heterocycles. The quantitative estimate of drug-likeness (QED) is 0.657. The minimum atomic E-state index is -3.89. The van der Waals surface area contributed by atoms with Gasteiger partial charge in [0.15, 0.2) is 14.6 Å². The molecule has 0 radical (unpaired) electrons. The van der Waals surface area contributed by atoms with Gasteiger partial charge >= 0.3 is 0 Å². The van der Waals surface area contributed by atoms with Crippen LogP contribution in [-0.4, -0.2) is 42.3 Å². The molecular formula is C21H27N3O4S2. The van der Waals surface area contributed by atoms with E-state index in [0.29, 0.717) is 11.3 Å². The molecule has 1 aliphatic carbocycles. The maximum Gasteiger partial charge on any atom is 0.263 e. The first-order chi connectivity index (χ1) is 14.3. The molecule has 1 aromatic heterocycles. The number of benzene rings is 1. The Morgan fingerprint density at radius 3 is 2.70 bits per heavy atom. The third-order valence-corrected chi connectivity index (χ3v) is 7.46. The molecule has 1 aromatic carbocycles. The molecule has 1 saturated carbocycles. The summed E-state index contributed by atoms with van der Waals surface area (Å²) in [5.74, 6) is -2.80. The number of allylic oxidation sites excluding steroid dienone is 1. The van der Waals surface area contributed by atoms with E-state index >= 15 is 0 Å². The molecule has 1 aliphatic rings. The SMILES string of the molecule is C=CCn1c(=NC(=O)CS(=O)(=O)CC(=O)NC2CCCCC2)sc2cc(C)ccc21. The van der Waals surface area contributed by atoms with Gasteiger partial charge in [0.05, 0.1) is 10.2 Å². The van der Waals surface area contributed by atoms with Gasteiger partial charge < -0.3 is 9.88 Å². The van der Waals surface area contributed by atoms with Crippen molar-refractivity contribution in [2.45, 2.75) is 51.6 Å². The van der Waals surface area contributed by atoms with Crippen molar-refractivity contribution >= 4 is 43.2 Å². The fourth-order valence-electron chi connectivity index (χ4n) is 3.67. The Balaban J connectivity index is 1.73. The average molecular weight is 450 g/mol. The van der Waals surface area contributed by atoms with Gasteiger partial charge in [-0.05, 0) is 37.5 Å². The van der Waals surface area contributed by atoms with E-state index in [0.717, 1.165) is 47.9 Å². The van der Waals surface area contributed by atoms with Gasteiger partial charge in [-0.3, -0.25) is 9.59 Å². The predicted molar refractivity (Wildman–Crippen MR) is 119 cm³/mol. The molecule has 9 heteroatoms. The number of sulfone groups is 1. The number of carbonyl (C=O) groups is 2. The van der Waals surface area contributed by atoms with Crippen molar-refractivity contribution < 1.29 is 18.0 Å². The van der Waals surface area contributed by atoms with Gasteiger partial charge in [0.2, 0.25) is 5.91 Å². The van der Waals surface area contributed by atoms with E-state index < -0.39 is 33.2 Å². The number of hydrogen-bond acceptors (Lipinski definition) is 5. The van der Waals surface area contributed by atoms with Crippen LogP contribution in [0.25, 0.3) is 10.2 Å². The number of thiazole rings is 1. The summed E-state index contributed by atoms with van der Waals surface area (Å²) < 4.78 is 27.5. The van der Waals surface area contributed by atoms with Gasteiger partial charge in [0, 0.05) is 12.6 Å². The highest BCUT2D eigenvalue weighted by Crippen LogP contribution is 2.19. The molecule has 0 spiro atoms. The summed E-state index contributed by atoms with van der Waals surface area (Å²) in [4.78, 5) is 29.0. The van der Waals surface area contributed by atoms with E-state index in [1.54, 1.807) is 6.08 Å². The topological polar surface area (TPSA) is 97.6 Å². The highest BCUT2D eigenvalue weighted by molar-refractivity contribution is 7.92. The van der Waals surface area contributed by atoms with Gasteiger partial charge in [-0.2, -0.15) is 4.99 Å². The third-order valence-electron chi connectivity index (χ3n) is 5.03. The van der Waals surface area contributed by atoms with Gasteiger partial charge in [-0.1, -0.05) is 42.7 Å². The van der Waals surface area contributed by atoms with Crippen LogP contribution in [0.2, 0.25) is 0 Å². The van der Waals surface area contributed by atoms with E-state index in [-0.39, 0.29) is 6.04 Å². The molecule has 30 heavy (non-hydrogen) atoms. The summed E-state index contributed by atoms with van der Waals surface area (Å²) in [6.45, 7) is 6.16. The molecule has 1 N–H and O–H groups in total. The summed E-state index contributed by atoms with van der Waals surface area (Å²) in [6, 6.07) is 5.94. The van der Waals surface area contributed by atoms with Crippen LogP contribution < -0.4 is 10.1 Å². The molecule has 3 rings (SSSR count). The fourth-order valence-corrected chi connectivity index (χ4v) is 5.85. The number of fused-ring (bicyclic) bond motifs is 1. The molecule has 7 nitrogen and oxygen atoms in total. The van der Waals surface area contributed by atoms with Crippen molar-refractivity contribution in [1.82, 2.24) is 9.88 Å². The average Bonchev–Trinajstić information content (AvgIpc) is 2.97. The predicted octanol–water partition coefficient (Wildman–Crippen LogP) is 2.49. The van der Waals surface area contributed by atoms with Crippen molar-refractivity contribution in [2.24, 2.45) is 4.99 Å². The molecule has 0 saturated heterocycles. The Morgan fingerprint density at radius 1 is 1.27 bits per heavy atom. The minimum absolute atomic E-state index is 0.0294. The van der Waals surface area contributed by atoms with Crippen LogP contribution in [0.1, 0.15) is 37.7 Å². The molecule has 0 atom stereocenters. The minimum Gasteiger partial charge on any atom is -0.352 e. The van der Waals surface area contributed by atoms with Crippen LogP contribution in [-0.2, 0) is 26.0 Å². The van der Waals surface area contributed by atoms with Crippen LogP contribution in [0.15, 0.2) is 35.8 Å². The van der Waals surface area contributed by atoms with Gasteiger partial charge in [0.25, 0.3) is 5.91 Å². The molecule has 2 aromatic rings. The lowest BCUT2D eigenvalue weighted by atomic mass is 9.95. The standard InChI is InChI=1S/C21H27N3O4S2/c1-3-11-24-17-10-9-15(2)12-18(17)29-21(24)23-20(26)14-30(27,28)13-19(25)22-16-7-5-4-6-8-16/h3,9-10,12,16H,1,4-8,11,13-14H2,2H3,(H,22,25). The summed E-state index contributed by atoms with van der Waals surface area (Å²) >= 11 is 1.32. The Labute approximate surface area is 180 Å². The first kappa shape index (κ1) is 22.4. The van der Waals surface area contributed by atoms with E-state index in [2.05, 4.69) is 16.9 Å². The zero-order valence-corrected chi connectivity index (χ0v) is 18.7. The van der Waals surface area contributed by atoms with E-state index in [4.69, 9.17) is 0 Å². The number of aromatic nitrogens is 1. The molecular weight excluding hydrogens is 422 g/mol. The van der Waals surface area contributed by atoms with Gasteiger partial charge in [-0.25, -0.2) is 8.42 Å². The summed E-state index contributed by atoms with van der Waals surface area (Å²) in [5, 5.41) is 2.77. The second-order valence-electron chi connectivity index (χ2n) is 7.70. The second kappa shape index (κ2) is 9.70. The molecule has 0 bridgehead atoms. The second-order valence-corrected chi connectivity index (χ2v) is 10.8. The highest BCUT2D eigenvalue weighted by atomic mass is 32.2. The van der Waals surface area contributed by atoms with E-state index in [1.165, 1.54) is 11.3 Å². The van der Waals surface area contributed by atoms with Crippen LogP contribution in [0.3, 0.4) is 0 Å². The largest absolute Gasteiger partial charge is 0.352 e. The third kappa shape index (κ3) is 5.89. The number of aryl methyl sites for hydroxylation is 1. The number of nitrogens with zero attached hydrogens (tertiary/aromatic N) is 2. The Hall–Kier alpha value is -2.26. The zero-order valence-electron chi connectivity index (χ0n) is 17.1. The first-order valence-electron chi connectivity index (χ1n) is 10.1. The molecule has 162 valence electrons. The van der Waals surface area contributed by atoms with Gasteiger partial charge in [0.1, 0.15) is 11.5 Å². The number of amides is 2. The highest BCUT2D eigenvalue weighted by Gasteiger charge is 2.23. The molecule has 1 fully saturated rings. The maximum absolute atomic E-state index is 12.4. The monoisotopic (exact) mass is 449 g/mol. The lowest BCUT2D eigenvalue weighted by molar-refractivity contribution is -0.119. The van der Waals surface area contributed by atoms with Crippen LogP contribution >= 0.6 is 11.3 Å². The number of rotatable bonds is 7. The maximum atomic E-state index is 12.4. The lowest BCUT2D eigenvalue weighted by Gasteiger charge is -2.22. The smallest absolute Gasteiger partial charge is 0.263 e. The zero-order chi connectivity index (χ0) is 21.7. The Bertz CT molecular complexity index is 1120. The number of carbonyl (C=O) groups excluding carboxylic acids is 2. The number of hydrogen-bond donors (Lipinski definition) is 1. The van der Waals surface area contributed by atoms with Gasteiger partial charge in [-0.15, -0.1) is 6.58 Å². The van der Waals surface area contributed by atoms with Crippen LogP contribution in [0, 0.1) is 6.92 Å².